The molecular weight excluding hydrogens is 216 g/mol. The van der Waals surface area contributed by atoms with Crippen molar-refractivity contribution in [3.05, 3.63) is 71.0 Å². The standard InChI is InChI=1S/C14H12O3/c15-10-4-3-8-1-2-9-5-11(16)7-13(17)14(9)12(8)6-10/h1-7,12,14-17H. The van der Waals surface area contributed by atoms with Gasteiger partial charge in [-0.15, -0.1) is 0 Å². The normalized spacial score (nSPS) is 30.2. The third-order valence-corrected chi connectivity index (χ3v) is 3.30. The van der Waals surface area contributed by atoms with Gasteiger partial charge < -0.3 is 15.3 Å². The van der Waals surface area contributed by atoms with Gasteiger partial charge in [0.05, 0.1) is 5.92 Å². The van der Waals surface area contributed by atoms with E-state index in [1.54, 1.807) is 18.2 Å². The lowest BCUT2D eigenvalue weighted by atomic mass is 9.72. The number of aliphatic hydroxyl groups excluding tert-OH is 3. The van der Waals surface area contributed by atoms with E-state index in [1.165, 1.54) is 6.08 Å². The number of rotatable bonds is 0. The first-order valence-electron chi connectivity index (χ1n) is 5.47. The van der Waals surface area contributed by atoms with Crippen molar-refractivity contribution in [1.82, 2.24) is 0 Å². The van der Waals surface area contributed by atoms with Crippen LogP contribution < -0.4 is 0 Å². The SMILES string of the molecule is OC1=CC2=CC=C3C=CC(O)=CC3C2C(O)=C1. The molecule has 17 heavy (non-hydrogen) atoms. The van der Waals surface area contributed by atoms with Gasteiger partial charge in [-0.05, 0) is 29.4 Å². The average molecular weight is 228 g/mol. The molecule has 0 amide bonds. The fourth-order valence-electron chi connectivity index (χ4n) is 2.53. The zero-order valence-electron chi connectivity index (χ0n) is 9.04. The van der Waals surface area contributed by atoms with Crippen molar-refractivity contribution in [1.29, 1.82) is 0 Å². The van der Waals surface area contributed by atoms with Crippen LogP contribution in [0, 0.1) is 11.8 Å². The van der Waals surface area contributed by atoms with E-state index >= 15 is 0 Å². The van der Waals surface area contributed by atoms with Crippen LogP contribution >= 0.6 is 0 Å². The molecule has 2 unspecified atom stereocenters. The van der Waals surface area contributed by atoms with Gasteiger partial charge in [0.25, 0.3) is 0 Å². The zero-order valence-corrected chi connectivity index (χ0v) is 9.04. The Morgan fingerprint density at radius 1 is 0.824 bits per heavy atom. The van der Waals surface area contributed by atoms with Gasteiger partial charge in [0.2, 0.25) is 0 Å². The molecule has 0 bridgehead atoms. The molecule has 3 heteroatoms. The molecule has 3 aliphatic carbocycles. The van der Waals surface area contributed by atoms with E-state index in [2.05, 4.69) is 0 Å². The first-order chi connectivity index (χ1) is 8.15. The van der Waals surface area contributed by atoms with Crippen molar-refractivity contribution in [3.63, 3.8) is 0 Å². The lowest BCUT2D eigenvalue weighted by molar-refractivity contribution is 0.310. The molecule has 0 radical (unpaired) electrons. The van der Waals surface area contributed by atoms with Gasteiger partial charge >= 0.3 is 0 Å². The Kier molecular flexibility index (Phi) is 2.01. The highest BCUT2D eigenvalue weighted by Crippen LogP contribution is 2.42. The molecule has 0 aromatic heterocycles. The fraction of sp³-hybridized carbons (Fsp3) is 0.143. The van der Waals surface area contributed by atoms with Crippen LogP contribution in [0.2, 0.25) is 0 Å². The number of aliphatic hydroxyl groups is 3. The summed E-state index contributed by atoms with van der Waals surface area (Å²) in [6.07, 6.45) is 12.0. The summed E-state index contributed by atoms with van der Waals surface area (Å²) in [6, 6.07) is 0. The third-order valence-electron chi connectivity index (χ3n) is 3.30. The van der Waals surface area contributed by atoms with Gasteiger partial charge in [-0.1, -0.05) is 18.2 Å². The molecular formula is C14H12O3. The topological polar surface area (TPSA) is 60.7 Å². The largest absolute Gasteiger partial charge is 0.511 e. The Balaban J connectivity index is 2.10. The molecule has 0 saturated heterocycles. The minimum atomic E-state index is -0.210. The molecule has 0 fully saturated rings. The van der Waals surface area contributed by atoms with E-state index < -0.39 is 0 Å². The van der Waals surface area contributed by atoms with Crippen molar-refractivity contribution in [2.75, 3.05) is 0 Å². The lowest BCUT2D eigenvalue weighted by Crippen LogP contribution is -2.24. The van der Waals surface area contributed by atoms with Crippen LogP contribution in [0.25, 0.3) is 0 Å². The summed E-state index contributed by atoms with van der Waals surface area (Å²) in [5.41, 5.74) is 1.90. The van der Waals surface area contributed by atoms with Crippen molar-refractivity contribution in [3.8, 4) is 0 Å². The maximum absolute atomic E-state index is 9.96. The monoisotopic (exact) mass is 228 g/mol. The highest BCUT2D eigenvalue weighted by atomic mass is 16.3. The zero-order chi connectivity index (χ0) is 12.0. The average Bonchev–Trinajstić information content (AvgIpc) is 2.27. The van der Waals surface area contributed by atoms with E-state index in [9.17, 15) is 15.3 Å². The Labute approximate surface area is 98.7 Å². The predicted octanol–water partition coefficient (Wildman–Crippen LogP) is 2.99. The van der Waals surface area contributed by atoms with Crippen LogP contribution in [0.1, 0.15) is 0 Å². The second kappa shape index (κ2) is 3.42. The smallest absolute Gasteiger partial charge is 0.119 e. The molecule has 2 atom stereocenters. The van der Waals surface area contributed by atoms with Gasteiger partial charge in [-0.2, -0.15) is 0 Å². The van der Waals surface area contributed by atoms with E-state index in [0.717, 1.165) is 11.1 Å². The molecule has 3 nitrogen and oxygen atoms in total. The Bertz CT molecular complexity index is 556. The molecule has 0 saturated carbocycles. The van der Waals surface area contributed by atoms with Crippen molar-refractivity contribution < 1.29 is 15.3 Å². The van der Waals surface area contributed by atoms with E-state index in [4.69, 9.17) is 0 Å². The Hall–Kier alpha value is -2.16. The van der Waals surface area contributed by atoms with E-state index in [0.29, 0.717) is 0 Å². The molecule has 0 heterocycles. The van der Waals surface area contributed by atoms with Gasteiger partial charge in [0.1, 0.15) is 17.3 Å². The molecule has 3 rings (SSSR count). The van der Waals surface area contributed by atoms with Crippen molar-refractivity contribution >= 4 is 0 Å². The van der Waals surface area contributed by atoms with Crippen LogP contribution in [0.5, 0.6) is 0 Å². The molecule has 3 N–H and O–H groups in total. The van der Waals surface area contributed by atoms with Crippen LogP contribution in [-0.4, -0.2) is 15.3 Å². The predicted molar refractivity (Wildman–Crippen MR) is 64.4 cm³/mol. The quantitative estimate of drug-likeness (QED) is 0.597. The van der Waals surface area contributed by atoms with Crippen LogP contribution in [0.3, 0.4) is 0 Å². The number of allylic oxidation sites excluding steroid dienone is 9. The fourth-order valence-corrected chi connectivity index (χ4v) is 2.53. The van der Waals surface area contributed by atoms with Crippen LogP contribution in [0.4, 0.5) is 0 Å². The van der Waals surface area contributed by atoms with Crippen LogP contribution in [0.15, 0.2) is 71.0 Å². The molecule has 86 valence electrons. The molecule has 0 spiro atoms. The minimum Gasteiger partial charge on any atom is -0.511 e. The second-order valence-electron chi connectivity index (χ2n) is 4.40. The molecule has 0 aromatic rings. The summed E-state index contributed by atoms with van der Waals surface area (Å²) in [6.45, 7) is 0. The first kappa shape index (κ1) is 10.0. The third kappa shape index (κ3) is 1.51. The highest BCUT2D eigenvalue weighted by molar-refractivity contribution is 5.51. The summed E-state index contributed by atoms with van der Waals surface area (Å²) in [4.78, 5) is 0. The molecule has 0 aromatic carbocycles. The number of fused-ring (bicyclic) bond motifs is 3. The van der Waals surface area contributed by atoms with E-state index in [-0.39, 0.29) is 29.1 Å². The van der Waals surface area contributed by atoms with Crippen molar-refractivity contribution in [2.45, 2.75) is 0 Å². The summed E-state index contributed by atoms with van der Waals surface area (Å²) in [5.74, 6) is 0.117. The number of hydrogen-bond donors (Lipinski definition) is 3. The molecule has 0 aliphatic heterocycles. The van der Waals surface area contributed by atoms with Gasteiger partial charge in [0.15, 0.2) is 0 Å². The maximum atomic E-state index is 9.96. The van der Waals surface area contributed by atoms with Crippen molar-refractivity contribution in [2.24, 2.45) is 11.8 Å². The summed E-state index contributed by atoms with van der Waals surface area (Å²) in [7, 11) is 0. The summed E-state index contributed by atoms with van der Waals surface area (Å²) in [5, 5.41) is 28.9. The minimum absolute atomic E-state index is 0.0569. The summed E-state index contributed by atoms with van der Waals surface area (Å²) >= 11 is 0. The van der Waals surface area contributed by atoms with E-state index in [1.807, 2.05) is 18.2 Å². The van der Waals surface area contributed by atoms with Crippen LogP contribution in [-0.2, 0) is 0 Å². The first-order valence-corrected chi connectivity index (χ1v) is 5.47. The second-order valence-corrected chi connectivity index (χ2v) is 4.40. The van der Waals surface area contributed by atoms with Gasteiger partial charge in [-0.3, -0.25) is 0 Å². The van der Waals surface area contributed by atoms with Gasteiger partial charge in [-0.25, -0.2) is 0 Å². The lowest BCUT2D eigenvalue weighted by Gasteiger charge is -2.32. The Morgan fingerprint density at radius 2 is 1.59 bits per heavy atom. The maximum Gasteiger partial charge on any atom is 0.119 e. The Morgan fingerprint density at radius 3 is 2.41 bits per heavy atom. The summed E-state index contributed by atoms with van der Waals surface area (Å²) < 4.78 is 0. The number of hydrogen-bond acceptors (Lipinski definition) is 3. The molecule has 3 aliphatic rings. The van der Waals surface area contributed by atoms with Gasteiger partial charge in [0, 0.05) is 12.0 Å². The highest BCUT2D eigenvalue weighted by Gasteiger charge is 2.34.